The molecule has 2 heterocycles. The molecule has 1 amide bonds. The molecule has 0 saturated carbocycles. The summed E-state index contributed by atoms with van der Waals surface area (Å²) < 4.78 is 13.3. The van der Waals surface area contributed by atoms with E-state index in [1.165, 1.54) is 0 Å². The fourth-order valence-corrected chi connectivity index (χ4v) is 4.07. The Balaban J connectivity index is 1.41. The molecule has 0 fully saturated rings. The maximum atomic E-state index is 12.7. The van der Waals surface area contributed by atoms with Gasteiger partial charge in [-0.05, 0) is 59.9 Å². The van der Waals surface area contributed by atoms with Gasteiger partial charge in [-0.15, -0.1) is 0 Å². The van der Waals surface area contributed by atoms with Crippen molar-refractivity contribution in [3.63, 3.8) is 0 Å². The number of nitrogens with zero attached hydrogens (tertiary/aromatic N) is 2. The van der Waals surface area contributed by atoms with Crippen LogP contribution in [-0.4, -0.2) is 15.7 Å². The second kappa shape index (κ2) is 10.8. The summed E-state index contributed by atoms with van der Waals surface area (Å²) in [6, 6.07) is 14.6. The van der Waals surface area contributed by atoms with Crippen LogP contribution in [0.3, 0.4) is 0 Å². The molecule has 0 aliphatic heterocycles. The van der Waals surface area contributed by atoms with Gasteiger partial charge >= 0.3 is 0 Å². The molecule has 182 valence electrons. The summed E-state index contributed by atoms with van der Waals surface area (Å²) in [6.07, 6.45) is 1.63. The number of rotatable bonds is 8. The van der Waals surface area contributed by atoms with Crippen LogP contribution in [0.1, 0.15) is 52.8 Å². The summed E-state index contributed by atoms with van der Waals surface area (Å²) >= 11 is 18.8. The molecule has 0 aliphatic carbocycles. The molecule has 0 spiro atoms. The summed E-state index contributed by atoms with van der Waals surface area (Å²) in [7, 11) is 0. The van der Waals surface area contributed by atoms with Crippen molar-refractivity contribution in [2.75, 3.05) is 5.32 Å². The monoisotopic (exact) mass is 531 g/mol. The van der Waals surface area contributed by atoms with E-state index in [4.69, 9.17) is 44.0 Å². The molecule has 2 aromatic carbocycles. The number of nitrogens with one attached hydrogen (secondary N) is 1. The summed E-state index contributed by atoms with van der Waals surface area (Å²) in [5.74, 6) is 1.37. The van der Waals surface area contributed by atoms with Crippen molar-refractivity contribution in [1.29, 1.82) is 0 Å². The number of anilines is 1. The number of hydrogen-bond donors (Lipinski definition) is 1. The summed E-state index contributed by atoms with van der Waals surface area (Å²) in [6.45, 7) is 6.66. The molecule has 0 radical (unpaired) electrons. The minimum atomic E-state index is -0.466. The quantitative estimate of drug-likeness (QED) is 0.252. The zero-order chi connectivity index (χ0) is 25.1. The molecule has 6 nitrogen and oxygen atoms in total. The first kappa shape index (κ1) is 25.2. The first-order valence-corrected chi connectivity index (χ1v) is 12.1. The molecular weight excluding hydrogens is 509 g/mol. The lowest BCUT2D eigenvalue weighted by atomic mass is 10.0. The van der Waals surface area contributed by atoms with Crippen molar-refractivity contribution in [2.45, 2.75) is 39.8 Å². The zero-order valence-corrected chi connectivity index (χ0v) is 21.7. The Kier molecular flexibility index (Phi) is 7.75. The van der Waals surface area contributed by atoms with Crippen LogP contribution in [0.25, 0.3) is 0 Å². The third kappa shape index (κ3) is 6.01. The number of ether oxygens (including phenoxy) is 1. The molecule has 0 bridgehead atoms. The van der Waals surface area contributed by atoms with Crippen LogP contribution in [0.2, 0.25) is 15.1 Å². The third-order valence-electron chi connectivity index (χ3n) is 5.41. The van der Waals surface area contributed by atoms with E-state index in [1.807, 2.05) is 37.3 Å². The molecule has 2 aromatic heterocycles. The average Bonchev–Trinajstić information content (AvgIpc) is 3.42. The normalized spacial score (nSPS) is 11.2. The second-order valence-electron chi connectivity index (χ2n) is 8.42. The predicted octanol–water partition coefficient (Wildman–Crippen LogP) is 7.75. The molecule has 0 saturated heterocycles. The number of aryl methyl sites for hydroxylation is 1. The van der Waals surface area contributed by atoms with Gasteiger partial charge in [0.15, 0.2) is 11.6 Å². The van der Waals surface area contributed by atoms with E-state index in [9.17, 15) is 4.79 Å². The SMILES string of the molecule is Cc1cc(OCc2ccc(C(=O)Nc3nn(Cc4ccccc4Cl)cc3Cl)o2)c(C(C)C)cc1Cl. The zero-order valence-electron chi connectivity index (χ0n) is 19.4. The van der Waals surface area contributed by atoms with Gasteiger partial charge in [-0.25, -0.2) is 0 Å². The van der Waals surface area contributed by atoms with Gasteiger partial charge in [0.05, 0.1) is 6.54 Å². The van der Waals surface area contributed by atoms with E-state index >= 15 is 0 Å². The van der Waals surface area contributed by atoms with Crippen LogP contribution in [0.4, 0.5) is 5.82 Å². The minimum absolute atomic E-state index is 0.122. The molecule has 9 heteroatoms. The van der Waals surface area contributed by atoms with Crippen molar-refractivity contribution >= 4 is 46.5 Å². The van der Waals surface area contributed by atoms with E-state index in [2.05, 4.69) is 24.3 Å². The van der Waals surface area contributed by atoms with Crippen LogP contribution in [0.5, 0.6) is 5.75 Å². The highest BCUT2D eigenvalue weighted by atomic mass is 35.5. The van der Waals surface area contributed by atoms with Gasteiger partial charge in [-0.2, -0.15) is 5.10 Å². The van der Waals surface area contributed by atoms with Gasteiger partial charge in [0.1, 0.15) is 23.1 Å². The third-order valence-corrected chi connectivity index (χ3v) is 6.46. The number of benzene rings is 2. The highest BCUT2D eigenvalue weighted by Gasteiger charge is 2.17. The fourth-order valence-electron chi connectivity index (χ4n) is 3.51. The number of aromatic nitrogens is 2. The predicted molar refractivity (Wildman–Crippen MR) is 139 cm³/mol. The van der Waals surface area contributed by atoms with Crippen molar-refractivity contribution in [3.05, 3.63) is 98.0 Å². The van der Waals surface area contributed by atoms with Crippen molar-refractivity contribution in [3.8, 4) is 5.75 Å². The maximum Gasteiger partial charge on any atom is 0.292 e. The molecule has 4 rings (SSSR count). The number of furan rings is 1. The first-order valence-electron chi connectivity index (χ1n) is 11.0. The summed E-state index contributed by atoms with van der Waals surface area (Å²) in [5, 5.41) is 8.67. The Morgan fingerprint density at radius 3 is 2.60 bits per heavy atom. The van der Waals surface area contributed by atoms with E-state index in [-0.39, 0.29) is 24.1 Å². The highest BCUT2D eigenvalue weighted by molar-refractivity contribution is 6.33. The largest absolute Gasteiger partial charge is 0.485 e. The fraction of sp³-hybridized carbons (Fsp3) is 0.231. The van der Waals surface area contributed by atoms with Gasteiger partial charge in [0.2, 0.25) is 0 Å². The van der Waals surface area contributed by atoms with Gasteiger partial charge in [0.25, 0.3) is 5.91 Å². The lowest BCUT2D eigenvalue weighted by Crippen LogP contribution is -2.12. The minimum Gasteiger partial charge on any atom is -0.485 e. The second-order valence-corrected chi connectivity index (χ2v) is 9.64. The standard InChI is InChI=1S/C26H24Cl3N3O3/c1-15(2)19-11-21(28)16(3)10-24(19)34-14-18-8-9-23(35-18)26(33)30-25-22(29)13-32(31-25)12-17-6-4-5-7-20(17)27/h4-11,13,15H,12,14H2,1-3H3,(H,30,31,33). The Hall–Kier alpha value is -2.93. The van der Waals surface area contributed by atoms with Crippen LogP contribution < -0.4 is 10.1 Å². The Bertz CT molecular complexity index is 1360. The average molecular weight is 533 g/mol. The molecule has 4 aromatic rings. The van der Waals surface area contributed by atoms with Crippen molar-refractivity contribution in [1.82, 2.24) is 9.78 Å². The molecule has 1 N–H and O–H groups in total. The van der Waals surface area contributed by atoms with Crippen LogP contribution in [-0.2, 0) is 13.2 Å². The number of halogens is 3. The smallest absolute Gasteiger partial charge is 0.292 e. The number of carbonyl (C=O) groups excluding carboxylic acids is 1. The summed E-state index contributed by atoms with van der Waals surface area (Å²) in [4.78, 5) is 12.7. The van der Waals surface area contributed by atoms with Gasteiger partial charge in [-0.3, -0.25) is 9.48 Å². The van der Waals surface area contributed by atoms with Crippen LogP contribution >= 0.6 is 34.8 Å². The van der Waals surface area contributed by atoms with Crippen LogP contribution in [0, 0.1) is 6.92 Å². The van der Waals surface area contributed by atoms with Crippen molar-refractivity contribution < 1.29 is 13.9 Å². The lowest BCUT2D eigenvalue weighted by Gasteiger charge is -2.15. The van der Waals surface area contributed by atoms with Crippen molar-refractivity contribution in [2.24, 2.45) is 0 Å². The topological polar surface area (TPSA) is 69.3 Å². The van der Waals surface area contributed by atoms with E-state index in [0.717, 1.165) is 22.4 Å². The van der Waals surface area contributed by atoms with Crippen LogP contribution in [0.15, 0.2) is 59.1 Å². The molecular formula is C26H24Cl3N3O3. The molecule has 35 heavy (non-hydrogen) atoms. The van der Waals surface area contributed by atoms with Gasteiger partial charge in [-0.1, -0.05) is 66.8 Å². The van der Waals surface area contributed by atoms with Gasteiger partial charge < -0.3 is 14.5 Å². The highest BCUT2D eigenvalue weighted by Crippen LogP contribution is 2.32. The maximum absolute atomic E-state index is 12.7. The Labute approximate surface area is 218 Å². The molecule has 0 unspecified atom stereocenters. The number of amides is 1. The van der Waals surface area contributed by atoms with E-state index in [0.29, 0.717) is 27.4 Å². The number of hydrogen-bond acceptors (Lipinski definition) is 4. The molecule has 0 atom stereocenters. The van der Waals surface area contributed by atoms with Gasteiger partial charge in [0, 0.05) is 16.2 Å². The van der Waals surface area contributed by atoms with E-state index in [1.54, 1.807) is 29.1 Å². The molecule has 0 aliphatic rings. The Morgan fingerprint density at radius 2 is 1.86 bits per heavy atom. The lowest BCUT2D eigenvalue weighted by molar-refractivity contribution is 0.0992. The summed E-state index contributed by atoms with van der Waals surface area (Å²) in [5.41, 5.74) is 2.82. The first-order chi connectivity index (χ1) is 16.7. The van der Waals surface area contributed by atoms with E-state index < -0.39 is 5.91 Å². The number of carbonyl (C=O) groups is 1. The Morgan fingerprint density at radius 1 is 1.09 bits per heavy atom.